The van der Waals surface area contributed by atoms with E-state index >= 15 is 0 Å². The van der Waals surface area contributed by atoms with E-state index in [2.05, 4.69) is 17.4 Å². The number of nitrogens with one attached hydrogen (secondary N) is 1. The summed E-state index contributed by atoms with van der Waals surface area (Å²) in [5, 5.41) is 3.54. The summed E-state index contributed by atoms with van der Waals surface area (Å²) in [6, 6.07) is 10.7. The van der Waals surface area contributed by atoms with Gasteiger partial charge in [0.1, 0.15) is 5.60 Å². The van der Waals surface area contributed by atoms with E-state index in [0.717, 1.165) is 32.5 Å². The summed E-state index contributed by atoms with van der Waals surface area (Å²) >= 11 is 0. The molecule has 0 spiro atoms. The van der Waals surface area contributed by atoms with Gasteiger partial charge in [-0.1, -0.05) is 30.3 Å². The molecule has 1 atom stereocenters. The van der Waals surface area contributed by atoms with E-state index in [4.69, 9.17) is 4.74 Å². The molecule has 1 aromatic carbocycles. The van der Waals surface area contributed by atoms with Gasteiger partial charge in [0.05, 0.1) is 0 Å². The van der Waals surface area contributed by atoms with Crippen LogP contribution >= 0.6 is 0 Å². The summed E-state index contributed by atoms with van der Waals surface area (Å²) in [5.74, 6) is 0. The monoisotopic (exact) mass is 290 g/mol. The molecule has 1 aliphatic rings. The average Bonchev–Trinajstić information content (AvgIpc) is 2.45. The Balaban J connectivity index is 1.82. The maximum absolute atomic E-state index is 12.1. The van der Waals surface area contributed by atoms with Crippen LogP contribution in [0.1, 0.15) is 39.2 Å². The first kappa shape index (κ1) is 15.8. The topological polar surface area (TPSA) is 41.6 Å². The van der Waals surface area contributed by atoms with E-state index in [9.17, 15) is 4.79 Å². The fourth-order valence-corrected chi connectivity index (χ4v) is 2.49. The lowest BCUT2D eigenvalue weighted by Gasteiger charge is -2.34. The van der Waals surface area contributed by atoms with E-state index in [-0.39, 0.29) is 6.09 Å². The van der Waals surface area contributed by atoms with Crippen LogP contribution in [0.5, 0.6) is 0 Å². The third-order valence-corrected chi connectivity index (χ3v) is 3.51. The van der Waals surface area contributed by atoms with Crippen molar-refractivity contribution in [3.8, 4) is 0 Å². The van der Waals surface area contributed by atoms with Crippen LogP contribution in [-0.4, -0.2) is 35.7 Å². The second-order valence-electron chi connectivity index (χ2n) is 6.63. The van der Waals surface area contributed by atoms with Gasteiger partial charge < -0.3 is 15.0 Å². The summed E-state index contributed by atoms with van der Waals surface area (Å²) in [6.45, 7) is 8.06. The standard InChI is InChI=1S/C17H26N2O2/c1-17(2,3)21-16(20)19-11-7-10-15(13-19)18-12-14-8-5-4-6-9-14/h4-6,8-9,15,18H,7,10-13H2,1-3H3. The summed E-state index contributed by atoms with van der Waals surface area (Å²) in [7, 11) is 0. The fourth-order valence-electron chi connectivity index (χ4n) is 2.49. The molecule has 1 saturated heterocycles. The van der Waals surface area contributed by atoms with E-state index < -0.39 is 5.60 Å². The van der Waals surface area contributed by atoms with Gasteiger partial charge in [-0.15, -0.1) is 0 Å². The predicted molar refractivity (Wildman–Crippen MR) is 84.1 cm³/mol. The molecule has 1 amide bonds. The summed E-state index contributed by atoms with van der Waals surface area (Å²) in [6.07, 6.45) is 1.92. The van der Waals surface area contributed by atoms with Gasteiger partial charge in [-0.3, -0.25) is 0 Å². The Hall–Kier alpha value is -1.55. The van der Waals surface area contributed by atoms with Crippen LogP contribution in [-0.2, 0) is 11.3 Å². The van der Waals surface area contributed by atoms with Gasteiger partial charge in [0.15, 0.2) is 0 Å². The van der Waals surface area contributed by atoms with Gasteiger partial charge in [0, 0.05) is 25.7 Å². The molecule has 1 fully saturated rings. The molecule has 0 bridgehead atoms. The highest BCUT2D eigenvalue weighted by molar-refractivity contribution is 5.68. The predicted octanol–water partition coefficient (Wildman–Crippen LogP) is 3.18. The zero-order chi connectivity index (χ0) is 15.3. The normalized spacial score (nSPS) is 19.4. The van der Waals surface area contributed by atoms with Crippen molar-refractivity contribution in [2.45, 2.75) is 51.8 Å². The lowest BCUT2D eigenvalue weighted by Crippen LogP contribution is -2.49. The number of benzene rings is 1. The number of nitrogens with zero attached hydrogens (tertiary/aromatic N) is 1. The minimum Gasteiger partial charge on any atom is -0.444 e. The van der Waals surface area contributed by atoms with Crippen molar-refractivity contribution in [3.05, 3.63) is 35.9 Å². The second kappa shape index (κ2) is 6.94. The van der Waals surface area contributed by atoms with Gasteiger partial charge in [0.25, 0.3) is 0 Å². The zero-order valence-electron chi connectivity index (χ0n) is 13.3. The number of carbonyl (C=O) groups excluding carboxylic acids is 1. The Kier molecular flexibility index (Phi) is 5.23. The lowest BCUT2D eigenvalue weighted by molar-refractivity contribution is 0.0187. The first-order valence-electron chi connectivity index (χ1n) is 7.69. The number of likely N-dealkylation sites (tertiary alicyclic amines) is 1. The first-order chi connectivity index (χ1) is 9.94. The second-order valence-corrected chi connectivity index (χ2v) is 6.63. The van der Waals surface area contributed by atoms with Crippen molar-refractivity contribution >= 4 is 6.09 Å². The Labute approximate surface area is 127 Å². The van der Waals surface area contributed by atoms with Gasteiger partial charge in [-0.2, -0.15) is 0 Å². The first-order valence-corrected chi connectivity index (χ1v) is 7.69. The SMILES string of the molecule is CC(C)(C)OC(=O)N1CCCC(NCc2ccccc2)C1. The highest BCUT2D eigenvalue weighted by Crippen LogP contribution is 2.15. The third kappa shape index (κ3) is 5.38. The highest BCUT2D eigenvalue weighted by Gasteiger charge is 2.27. The molecule has 1 aliphatic heterocycles. The van der Waals surface area contributed by atoms with Crippen LogP contribution in [0, 0.1) is 0 Å². The Morgan fingerprint density at radius 3 is 2.71 bits per heavy atom. The van der Waals surface area contributed by atoms with Gasteiger partial charge in [-0.05, 0) is 39.2 Å². The van der Waals surface area contributed by atoms with Crippen molar-refractivity contribution < 1.29 is 9.53 Å². The highest BCUT2D eigenvalue weighted by atomic mass is 16.6. The van der Waals surface area contributed by atoms with Crippen LogP contribution in [0.25, 0.3) is 0 Å². The number of rotatable bonds is 3. The molecular weight excluding hydrogens is 264 g/mol. The largest absolute Gasteiger partial charge is 0.444 e. The van der Waals surface area contributed by atoms with Crippen molar-refractivity contribution in [1.29, 1.82) is 0 Å². The molecule has 116 valence electrons. The van der Waals surface area contributed by atoms with Gasteiger partial charge >= 0.3 is 6.09 Å². The van der Waals surface area contributed by atoms with Crippen molar-refractivity contribution in [2.75, 3.05) is 13.1 Å². The molecule has 4 heteroatoms. The number of amides is 1. The summed E-state index contributed by atoms with van der Waals surface area (Å²) in [4.78, 5) is 13.9. The number of piperidine rings is 1. The van der Waals surface area contributed by atoms with Crippen molar-refractivity contribution in [1.82, 2.24) is 10.2 Å². The molecule has 1 N–H and O–H groups in total. The molecule has 1 unspecified atom stereocenters. The van der Waals surface area contributed by atoms with Crippen LogP contribution in [0.4, 0.5) is 4.79 Å². The molecule has 0 saturated carbocycles. The molecule has 1 heterocycles. The van der Waals surface area contributed by atoms with Crippen molar-refractivity contribution in [2.24, 2.45) is 0 Å². The van der Waals surface area contributed by atoms with E-state index in [1.807, 2.05) is 43.9 Å². The molecule has 0 radical (unpaired) electrons. The molecule has 1 aromatic rings. The number of ether oxygens (including phenoxy) is 1. The van der Waals surface area contributed by atoms with Crippen LogP contribution in [0.2, 0.25) is 0 Å². The molecule has 21 heavy (non-hydrogen) atoms. The maximum atomic E-state index is 12.1. The van der Waals surface area contributed by atoms with Crippen LogP contribution < -0.4 is 5.32 Å². The molecular formula is C17H26N2O2. The number of hydrogen-bond acceptors (Lipinski definition) is 3. The van der Waals surface area contributed by atoms with Crippen molar-refractivity contribution in [3.63, 3.8) is 0 Å². The Bertz CT molecular complexity index is 454. The lowest BCUT2D eigenvalue weighted by atomic mass is 10.1. The fraction of sp³-hybridized carbons (Fsp3) is 0.588. The molecule has 2 rings (SSSR count). The quantitative estimate of drug-likeness (QED) is 0.929. The van der Waals surface area contributed by atoms with E-state index in [0.29, 0.717) is 6.04 Å². The number of hydrogen-bond donors (Lipinski definition) is 1. The van der Waals surface area contributed by atoms with Crippen LogP contribution in [0.3, 0.4) is 0 Å². The Morgan fingerprint density at radius 2 is 2.05 bits per heavy atom. The summed E-state index contributed by atoms with van der Waals surface area (Å²) in [5.41, 5.74) is 0.841. The minimum absolute atomic E-state index is 0.200. The maximum Gasteiger partial charge on any atom is 0.410 e. The number of carbonyl (C=O) groups is 1. The smallest absolute Gasteiger partial charge is 0.410 e. The molecule has 0 aromatic heterocycles. The Morgan fingerprint density at radius 1 is 1.33 bits per heavy atom. The minimum atomic E-state index is -0.429. The molecule has 4 nitrogen and oxygen atoms in total. The molecule has 0 aliphatic carbocycles. The van der Waals surface area contributed by atoms with Crippen LogP contribution in [0.15, 0.2) is 30.3 Å². The van der Waals surface area contributed by atoms with Gasteiger partial charge in [-0.25, -0.2) is 4.79 Å². The van der Waals surface area contributed by atoms with E-state index in [1.165, 1.54) is 5.56 Å². The average molecular weight is 290 g/mol. The summed E-state index contributed by atoms with van der Waals surface area (Å²) < 4.78 is 5.45. The van der Waals surface area contributed by atoms with E-state index in [1.54, 1.807) is 0 Å². The third-order valence-electron chi connectivity index (χ3n) is 3.51. The zero-order valence-corrected chi connectivity index (χ0v) is 13.3. The van der Waals surface area contributed by atoms with Gasteiger partial charge in [0.2, 0.25) is 0 Å².